The van der Waals surface area contributed by atoms with Crippen molar-refractivity contribution in [3.05, 3.63) is 0 Å². The van der Waals surface area contributed by atoms with Gasteiger partial charge in [0.2, 0.25) is 0 Å². The fourth-order valence-corrected chi connectivity index (χ4v) is 3.20. The monoisotopic (exact) mass is 326 g/mol. The lowest BCUT2D eigenvalue weighted by atomic mass is 10.0. The summed E-state index contributed by atoms with van der Waals surface area (Å²) in [5, 5.41) is 0. The van der Waals surface area contributed by atoms with Crippen molar-refractivity contribution in [1.29, 1.82) is 0 Å². The van der Waals surface area contributed by atoms with Crippen LogP contribution in [0, 0.1) is 0 Å². The number of unbranched alkanes of at least 4 members (excludes halogenated alkanes) is 1. The number of nitrogens with zero attached hydrogens (tertiary/aromatic N) is 2. The van der Waals surface area contributed by atoms with E-state index in [1.54, 1.807) is 0 Å². The molecule has 0 aromatic heterocycles. The number of likely N-dealkylation sites (tertiary alicyclic amines) is 1. The maximum Gasteiger partial charge on any atom is 0.306 e. The van der Waals surface area contributed by atoms with Crippen LogP contribution >= 0.6 is 0 Å². The van der Waals surface area contributed by atoms with Crippen molar-refractivity contribution in [3.63, 3.8) is 0 Å². The molecule has 1 unspecified atom stereocenters. The molecule has 23 heavy (non-hydrogen) atoms. The number of piperidine rings is 1. The van der Waals surface area contributed by atoms with Crippen LogP contribution in [0.1, 0.15) is 45.4 Å². The highest BCUT2D eigenvalue weighted by Gasteiger charge is 2.23. The largest absolute Gasteiger partial charge is 0.456 e. The summed E-state index contributed by atoms with van der Waals surface area (Å²) in [4.78, 5) is 28.0. The van der Waals surface area contributed by atoms with Gasteiger partial charge in [0.05, 0.1) is 13.2 Å². The minimum absolute atomic E-state index is 0.0566. The van der Waals surface area contributed by atoms with E-state index in [1.807, 2.05) is 4.90 Å². The number of morpholine rings is 1. The Balaban J connectivity index is 1.53. The Hall–Kier alpha value is -1.14. The number of hydrogen-bond donors (Lipinski definition) is 0. The van der Waals surface area contributed by atoms with E-state index in [1.165, 1.54) is 6.42 Å². The molecule has 0 aromatic carbocycles. The summed E-state index contributed by atoms with van der Waals surface area (Å²) in [7, 11) is 0. The molecular formula is C17H30N2O4. The maximum absolute atomic E-state index is 12.1. The van der Waals surface area contributed by atoms with E-state index in [0.717, 1.165) is 65.1 Å². The zero-order chi connectivity index (χ0) is 16.5. The summed E-state index contributed by atoms with van der Waals surface area (Å²) < 4.78 is 10.4. The molecule has 0 aliphatic carbocycles. The summed E-state index contributed by atoms with van der Waals surface area (Å²) in [5.41, 5.74) is 0. The second kappa shape index (κ2) is 9.88. The van der Waals surface area contributed by atoms with Gasteiger partial charge in [0.15, 0.2) is 6.61 Å². The van der Waals surface area contributed by atoms with Crippen molar-refractivity contribution in [2.24, 2.45) is 0 Å². The third-order valence-corrected chi connectivity index (χ3v) is 4.69. The highest BCUT2D eigenvalue weighted by Crippen LogP contribution is 2.16. The van der Waals surface area contributed by atoms with Gasteiger partial charge in [-0.2, -0.15) is 0 Å². The molecule has 0 radical (unpaired) electrons. The third-order valence-electron chi connectivity index (χ3n) is 4.69. The molecule has 1 amide bonds. The molecule has 6 nitrogen and oxygen atoms in total. The van der Waals surface area contributed by atoms with Crippen LogP contribution in [0.15, 0.2) is 0 Å². The Morgan fingerprint density at radius 1 is 1.13 bits per heavy atom. The zero-order valence-electron chi connectivity index (χ0n) is 14.3. The number of hydrogen-bond acceptors (Lipinski definition) is 5. The van der Waals surface area contributed by atoms with Crippen molar-refractivity contribution in [2.45, 2.75) is 51.5 Å². The number of rotatable bonds is 7. The number of ether oxygens (including phenoxy) is 2. The highest BCUT2D eigenvalue weighted by molar-refractivity contribution is 5.80. The van der Waals surface area contributed by atoms with Crippen molar-refractivity contribution >= 4 is 11.9 Å². The number of esters is 1. The number of carbonyl (C=O) groups is 2. The molecule has 0 spiro atoms. The molecule has 2 heterocycles. The van der Waals surface area contributed by atoms with Crippen molar-refractivity contribution in [3.8, 4) is 0 Å². The second-order valence-corrected chi connectivity index (χ2v) is 6.50. The van der Waals surface area contributed by atoms with Gasteiger partial charge in [0, 0.05) is 32.1 Å². The molecule has 2 rings (SSSR count). The molecule has 1 atom stereocenters. The Morgan fingerprint density at radius 2 is 1.91 bits per heavy atom. The maximum atomic E-state index is 12.1. The van der Waals surface area contributed by atoms with E-state index in [-0.39, 0.29) is 24.5 Å². The van der Waals surface area contributed by atoms with Gasteiger partial charge in [-0.15, -0.1) is 0 Å². The van der Waals surface area contributed by atoms with Gasteiger partial charge in [-0.05, 0) is 45.6 Å². The molecule has 2 aliphatic rings. The summed E-state index contributed by atoms with van der Waals surface area (Å²) in [5.74, 6) is -0.316. The highest BCUT2D eigenvalue weighted by atomic mass is 16.5. The van der Waals surface area contributed by atoms with Gasteiger partial charge < -0.3 is 14.4 Å². The predicted octanol–water partition coefficient (Wildman–Crippen LogP) is 1.43. The Labute approximate surface area is 139 Å². The van der Waals surface area contributed by atoms with Gasteiger partial charge in [0.25, 0.3) is 5.91 Å². The van der Waals surface area contributed by atoms with Gasteiger partial charge in [-0.3, -0.25) is 14.5 Å². The van der Waals surface area contributed by atoms with E-state index < -0.39 is 0 Å². The normalized spacial score (nSPS) is 22.8. The minimum atomic E-state index is -0.259. The van der Waals surface area contributed by atoms with Crippen LogP contribution in [0.25, 0.3) is 0 Å². The molecule has 132 valence electrons. The van der Waals surface area contributed by atoms with E-state index >= 15 is 0 Å². The first kappa shape index (κ1) is 18.2. The van der Waals surface area contributed by atoms with Crippen LogP contribution in [0.2, 0.25) is 0 Å². The smallest absolute Gasteiger partial charge is 0.306 e. The average Bonchev–Trinajstić information content (AvgIpc) is 2.58. The predicted molar refractivity (Wildman–Crippen MR) is 87.1 cm³/mol. The SMILES string of the molecule is CC1CCCCN1C(=O)COC(=O)CCCCN1CCOCC1. The fourth-order valence-electron chi connectivity index (χ4n) is 3.20. The van der Waals surface area contributed by atoms with Crippen molar-refractivity contribution in [1.82, 2.24) is 9.80 Å². The first-order valence-corrected chi connectivity index (χ1v) is 8.92. The lowest BCUT2D eigenvalue weighted by molar-refractivity contribution is -0.153. The second-order valence-electron chi connectivity index (χ2n) is 6.50. The quantitative estimate of drug-likeness (QED) is 0.523. The molecule has 0 aromatic rings. The molecule has 2 saturated heterocycles. The van der Waals surface area contributed by atoms with Crippen LogP contribution in [0.3, 0.4) is 0 Å². The van der Waals surface area contributed by atoms with Crippen molar-refractivity contribution in [2.75, 3.05) is 46.0 Å². The van der Waals surface area contributed by atoms with Crippen LogP contribution in [0.4, 0.5) is 0 Å². The Bertz CT molecular complexity index is 383. The van der Waals surface area contributed by atoms with E-state index in [0.29, 0.717) is 6.42 Å². The van der Waals surface area contributed by atoms with E-state index in [4.69, 9.17) is 9.47 Å². The van der Waals surface area contributed by atoms with Gasteiger partial charge >= 0.3 is 5.97 Å². The molecule has 0 saturated carbocycles. The van der Waals surface area contributed by atoms with Crippen LogP contribution in [0.5, 0.6) is 0 Å². The van der Waals surface area contributed by atoms with Crippen LogP contribution < -0.4 is 0 Å². The Kier molecular flexibility index (Phi) is 7.82. The molecule has 6 heteroatoms. The summed E-state index contributed by atoms with van der Waals surface area (Å²) >= 11 is 0. The van der Waals surface area contributed by atoms with Crippen LogP contribution in [-0.2, 0) is 19.1 Å². The van der Waals surface area contributed by atoms with Crippen molar-refractivity contribution < 1.29 is 19.1 Å². The summed E-state index contributed by atoms with van der Waals surface area (Å²) in [6, 6.07) is 0.267. The summed E-state index contributed by atoms with van der Waals surface area (Å²) in [6.45, 7) is 7.31. The summed E-state index contributed by atoms with van der Waals surface area (Å²) in [6.07, 6.45) is 5.45. The third kappa shape index (κ3) is 6.47. The first-order valence-electron chi connectivity index (χ1n) is 8.92. The standard InChI is InChI=1S/C17H30N2O4/c1-15-6-2-5-9-19(15)16(20)14-23-17(21)7-3-4-8-18-10-12-22-13-11-18/h15H,2-14H2,1H3. The first-order chi connectivity index (χ1) is 11.2. The van der Waals surface area contributed by atoms with E-state index in [9.17, 15) is 9.59 Å². The average molecular weight is 326 g/mol. The molecule has 0 N–H and O–H groups in total. The van der Waals surface area contributed by atoms with Crippen LogP contribution in [-0.4, -0.2) is 73.7 Å². The number of amides is 1. The zero-order valence-corrected chi connectivity index (χ0v) is 14.3. The van der Waals surface area contributed by atoms with Gasteiger partial charge in [-0.25, -0.2) is 0 Å². The Morgan fingerprint density at radius 3 is 2.65 bits per heavy atom. The molecule has 0 bridgehead atoms. The molecule has 2 aliphatic heterocycles. The minimum Gasteiger partial charge on any atom is -0.456 e. The van der Waals surface area contributed by atoms with Gasteiger partial charge in [0.1, 0.15) is 0 Å². The molecule has 2 fully saturated rings. The van der Waals surface area contributed by atoms with E-state index in [2.05, 4.69) is 11.8 Å². The fraction of sp³-hybridized carbons (Fsp3) is 0.882. The lowest BCUT2D eigenvalue weighted by Gasteiger charge is -2.33. The lowest BCUT2D eigenvalue weighted by Crippen LogP contribution is -2.44. The topological polar surface area (TPSA) is 59.1 Å². The molecular weight excluding hydrogens is 296 g/mol. The van der Waals surface area contributed by atoms with Gasteiger partial charge in [-0.1, -0.05) is 0 Å². The number of carbonyl (C=O) groups excluding carboxylic acids is 2.